The van der Waals surface area contributed by atoms with Gasteiger partial charge in [0.15, 0.2) is 5.65 Å². The number of fused-ring (bicyclic) bond motifs is 1. The maximum Gasteiger partial charge on any atom is 0.337 e. The normalized spacial score (nSPS) is 10.8. The average molecular weight is 267 g/mol. The van der Waals surface area contributed by atoms with E-state index in [1.807, 2.05) is 12.1 Å². The molecule has 0 atom stereocenters. The van der Waals surface area contributed by atoms with Gasteiger partial charge in [-0.15, -0.1) is 0 Å². The van der Waals surface area contributed by atoms with Gasteiger partial charge in [-0.25, -0.2) is 14.8 Å². The molecule has 0 aliphatic rings. The molecule has 0 radical (unpaired) electrons. The monoisotopic (exact) mass is 267 g/mol. The number of nitrogens with zero attached hydrogens (tertiary/aromatic N) is 2. The van der Waals surface area contributed by atoms with E-state index in [-0.39, 0.29) is 5.56 Å². The van der Waals surface area contributed by atoms with E-state index in [0.717, 1.165) is 5.82 Å². The SMILES string of the molecule is Cc1ccccc1Cc1nc2ncc(C(=O)O)cc2[nH]1. The molecule has 0 fully saturated rings. The topological polar surface area (TPSA) is 78.9 Å². The second-order valence-electron chi connectivity index (χ2n) is 4.69. The van der Waals surface area contributed by atoms with Crippen LogP contribution in [0.15, 0.2) is 36.5 Å². The first-order chi connectivity index (χ1) is 9.63. The predicted octanol–water partition coefficient (Wildman–Crippen LogP) is 2.56. The molecule has 3 rings (SSSR count). The van der Waals surface area contributed by atoms with Gasteiger partial charge in [-0.3, -0.25) is 0 Å². The molecule has 20 heavy (non-hydrogen) atoms. The van der Waals surface area contributed by atoms with Crippen LogP contribution in [0.5, 0.6) is 0 Å². The van der Waals surface area contributed by atoms with Gasteiger partial charge in [-0.05, 0) is 24.1 Å². The molecule has 3 aromatic rings. The number of carboxylic acids is 1. The summed E-state index contributed by atoms with van der Waals surface area (Å²) in [4.78, 5) is 22.5. The molecule has 0 unspecified atom stereocenters. The van der Waals surface area contributed by atoms with Crippen LogP contribution in [0.1, 0.15) is 27.3 Å². The lowest BCUT2D eigenvalue weighted by molar-refractivity contribution is 0.0696. The third-order valence-electron chi connectivity index (χ3n) is 3.25. The van der Waals surface area contributed by atoms with Crippen molar-refractivity contribution in [1.82, 2.24) is 15.0 Å². The third-order valence-corrected chi connectivity index (χ3v) is 3.25. The molecule has 0 bridgehead atoms. The number of imidazole rings is 1. The first-order valence-electron chi connectivity index (χ1n) is 6.26. The van der Waals surface area contributed by atoms with Crippen molar-refractivity contribution in [1.29, 1.82) is 0 Å². The molecule has 2 heterocycles. The highest BCUT2D eigenvalue weighted by Gasteiger charge is 2.09. The molecule has 2 N–H and O–H groups in total. The van der Waals surface area contributed by atoms with Crippen LogP contribution in [0.2, 0.25) is 0 Å². The highest BCUT2D eigenvalue weighted by atomic mass is 16.4. The minimum Gasteiger partial charge on any atom is -0.478 e. The minimum absolute atomic E-state index is 0.156. The molecule has 0 saturated heterocycles. The predicted molar refractivity (Wildman–Crippen MR) is 74.8 cm³/mol. The minimum atomic E-state index is -0.991. The van der Waals surface area contributed by atoms with Crippen LogP contribution in [-0.2, 0) is 6.42 Å². The number of carbonyl (C=O) groups is 1. The number of hydrogen-bond donors (Lipinski definition) is 2. The maximum absolute atomic E-state index is 10.9. The zero-order valence-electron chi connectivity index (χ0n) is 10.9. The van der Waals surface area contributed by atoms with Crippen LogP contribution in [-0.4, -0.2) is 26.0 Å². The first kappa shape index (κ1) is 12.3. The molecular formula is C15H13N3O2. The number of aryl methyl sites for hydroxylation is 1. The summed E-state index contributed by atoms with van der Waals surface area (Å²) in [6, 6.07) is 9.65. The van der Waals surface area contributed by atoms with Crippen molar-refractivity contribution in [3.05, 3.63) is 59.0 Å². The molecule has 1 aromatic carbocycles. The number of nitrogens with one attached hydrogen (secondary N) is 1. The van der Waals surface area contributed by atoms with Crippen molar-refractivity contribution in [3.8, 4) is 0 Å². The van der Waals surface area contributed by atoms with E-state index in [1.54, 1.807) is 6.07 Å². The molecule has 2 aromatic heterocycles. The fourth-order valence-electron chi connectivity index (χ4n) is 2.14. The Morgan fingerprint density at radius 2 is 2.15 bits per heavy atom. The lowest BCUT2D eigenvalue weighted by atomic mass is 10.1. The number of H-pyrrole nitrogens is 1. The van der Waals surface area contributed by atoms with E-state index in [0.29, 0.717) is 17.6 Å². The third kappa shape index (κ3) is 2.25. The summed E-state index contributed by atoms with van der Waals surface area (Å²) >= 11 is 0. The Morgan fingerprint density at radius 1 is 1.35 bits per heavy atom. The van der Waals surface area contributed by atoms with Crippen molar-refractivity contribution < 1.29 is 9.90 Å². The Labute approximate surface area is 115 Å². The molecule has 0 spiro atoms. The highest BCUT2D eigenvalue weighted by molar-refractivity contribution is 5.90. The summed E-state index contributed by atoms with van der Waals surface area (Å²) in [5.74, 6) is -0.209. The van der Waals surface area contributed by atoms with Gasteiger partial charge >= 0.3 is 5.97 Å². The fourth-order valence-corrected chi connectivity index (χ4v) is 2.14. The number of aromatic amines is 1. The molecule has 5 nitrogen and oxygen atoms in total. The van der Waals surface area contributed by atoms with Crippen molar-refractivity contribution in [2.24, 2.45) is 0 Å². The maximum atomic E-state index is 10.9. The molecule has 0 saturated carbocycles. The summed E-state index contributed by atoms with van der Waals surface area (Å²) < 4.78 is 0. The zero-order chi connectivity index (χ0) is 14.1. The number of rotatable bonds is 3. The van der Waals surface area contributed by atoms with E-state index in [4.69, 9.17) is 5.11 Å². The lowest BCUT2D eigenvalue weighted by Gasteiger charge is -2.02. The van der Waals surface area contributed by atoms with Crippen molar-refractivity contribution in [3.63, 3.8) is 0 Å². The van der Waals surface area contributed by atoms with Crippen LogP contribution in [0.4, 0.5) is 0 Å². The fraction of sp³-hybridized carbons (Fsp3) is 0.133. The van der Waals surface area contributed by atoms with Gasteiger partial charge in [0.2, 0.25) is 0 Å². The molecule has 0 amide bonds. The van der Waals surface area contributed by atoms with Crippen LogP contribution in [0, 0.1) is 6.92 Å². The van der Waals surface area contributed by atoms with Gasteiger partial charge in [-0.2, -0.15) is 0 Å². The van der Waals surface area contributed by atoms with E-state index < -0.39 is 5.97 Å². The lowest BCUT2D eigenvalue weighted by Crippen LogP contribution is -1.96. The van der Waals surface area contributed by atoms with E-state index in [2.05, 4.69) is 34.0 Å². The highest BCUT2D eigenvalue weighted by Crippen LogP contribution is 2.15. The summed E-state index contributed by atoms with van der Waals surface area (Å²) in [5.41, 5.74) is 3.73. The Balaban J connectivity index is 1.97. The Hall–Kier alpha value is -2.69. The Bertz CT molecular complexity index is 793. The van der Waals surface area contributed by atoms with Gasteiger partial charge in [0, 0.05) is 12.6 Å². The van der Waals surface area contributed by atoms with Crippen LogP contribution < -0.4 is 0 Å². The van der Waals surface area contributed by atoms with Crippen LogP contribution in [0.25, 0.3) is 11.2 Å². The second-order valence-corrected chi connectivity index (χ2v) is 4.69. The number of aromatic nitrogens is 3. The van der Waals surface area contributed by atoms with E-state index >= 15 is 0 Å². The van der Waals surface area contributed by atoms with Crippen molar-refractivity contribution in [2.45, 2.75) is 13.3 Å². The summed E-state index contributed by atoms with van der Waals surface area (Å²) in [6.07, 6.45) is 1.99. The molecule has 5 heteroatoms. The number of pyridine rings is 1. The quantitative estimate of drug-likeness (QED) is 0.764. The molecule has 100 valence electrons. The largest absolute Gasteiger partial charge is 0.478 e. The first-order valence-corrected chi connectivity index (χ1v) is 6.26. The summed E-state index contributed by atoms with van der Waals surface area (Å²) in [5, 5.41) is 8.95. The van der Waals surface area contributed by atoms with Crippen molar-refractivity contribution >= 4 is 17.1 Å². The van der Waals surface area contributed by atoms with Crippen molar-refractivity contribution in [2.75, 3.05) is 0 Å². The van der Waals surface area contributed by atoms with E-state index in [9.17, 15) is 4.79 Å². The van der Waals surface area contributed by atoms with Gasteiger partial charge in [0.1, 0.15) is 5.82 Å². The number of aromatic carboxylic acids is 1. The summed E-state index contributed by atoms with van der Waals surface area (Å²) in [6.45, 7) is 2.05. The van der Waals surface area contributed by atoms with Gasteiger partial charge in [-0.1, -0.05) is 24.3 Å². The van der Waals surface area contributed by atoms with Crippen LogP contribution in [0.3, 0.4) is 0 Å². The van der Waals surface area contributed by atoms with Gasteiger partial charge < -0.3 is 10.1 Å². The van der Waals surface area contributed by atoms with Gasteiger partial charge in [0.05, 0.1) is 11.1 Å². The van der Waals surface area contributed by atoms with E-state index in [1.165, 1.54) is 17.3 Å². The zero-order valence-corrected chi connectivity index (χ0v) is 10.9. The molecule has 0 aliphatic heterocycles. The standard InChI is InChI=1S/C15H13N3O2/c1-9-4-2-3-5-10(9)7-13-17-12-6-11(15(19)20)8-16-14(12)18-13/h2-6,8H,7H2,1H3,(H,19,20)(H,16,17,18). The number of carboxylic acid groups (broad SMARTS) is 1. The van der Waals surface area contributed by atoms with Crippen LogP contribution >= 0.6 is 0 Å². The second kappa shape index (κ2) is 4.77. The smallest absolute Gasteiger partial charge is 0.337 e. The van der Waals surface area contributed by atoms with Gasteiger partial charge in [0.25, 0.3) is 0 Å². The number of benzene rings is 1. The average Bonchev–Trinajstić information content (AvgIpc) is 2.82. The molecule has 0 aliphatic carbocycles. The summed E-state index contributed by atoms with van der Waals surface area (Å²) in [7, 11) is 0. The number of hydrogen-bond acceptors (Lipinski definition) is 3. The molecular weight excluding hydrogens is 254 g/mol. The Kier molecular flexibility index (Phi) is 2.95. The Morgan fingerprint density at radius 3 is 2.90 bits per heavy atom.